The van der Waals surface area contributed by atoms with Crippen LogP contribution in [-0.2, 0) is 10.2 Å². The maximum absolute atomic E-state index is 12.4. The summed E-state index contributed by atoms with van der Waals surface area (Å²) in [6.45, 7) is 2.47. The van der Waals surface area contributed by atoms with Gasteiger partial charge in [0.05, 0.1) is 18.0 Å². The maximum Gasteiger partial charge on any atom is 0.277 e. The molecule has 4 aliphatic carbocycles. The zero-order valence-electron chi connectivity index (χ0n) is 16.7. The third kappa shape index (κ3) is 3.77. The molecule has 1 aromatic carbocycles. The van der Waals surface area contributed by atoms with Gasteiger partial charge in [-0.15, -0.1) is 10.2 Å². The molecule has 2 aromatic rings. The van der Waals surface area contributed by atoms with Crippen molar-refractivity contribution < 1.29 is 13.9 Å². The molecule has 6 nitrogen and oxygen atoms in total. The molecule has 0 unspecified atom stereocenters. The molecule has 4 bridgehead atoms. The van der Waals surface area contributed by atoms with Crippen molar-refractivity contribution in [2.75, 3.05) is 17.7 Å². The minimum Gasteiger partial charge on any atom is -0.492 e. The Morgan fingerprint density at radius 3 is 2.55 bits per heavy atom. The van der Waals surface area contributed by atoms with Gasteiger partial charge in [0.15, 0.2) is 0 Å². The molecule has 0 saturated heterocycles. The van der Waals surface area contributed by atoms with Crippen LogP contribution in [0.5, 0.6) is 5.75 Å². The van der Waals surface area contributed by atoms with Crippen LogP contribution in [-0.4, -0.2) is 28.5 Å². The van der Waals surface area contributed by atoms with E-state index in [4.69, 9.17) is 9.15 Å². The fraction of sp³-hybridized carbons (Fsp3) is 0.591. The van der Waals surface area contributed by atoms with Crippen LogP contribution >= 0.6 is 11.8 Å². The van der Waals surface area contributed by atoms with Gasteiger partial charge in [0, 0.05) is 5.41 Å². The number of hydrogen-bond acceptors (Lipinski definition) is 6. The summed E-state index contributed by atoms with van der Waals surface area (Å²) >= 11 is 1.30. The Balaban J connectivity index is 1.21. The van der Waals surface area contributed by atoms with Crippen molar-refractivity contribution in [2.24, 2.45) is 17.8 Å². The van der Waals surface area contributed by atoms with Crippen LogP contribution in [0.25, 0.3) is 0 Å². The number of rotatable bonds is 7. The van der Waals surface area contributed by atoms with Gasteiger partial charge in [-0.05, 0) is 75.3 Å². The molecule has 0 radical (unpaired) electrons. The second-order valence-electron chi connectivity index (χ2n) is 8.84. The molecule has 1 aromatic heterocycles. The lowest BCUT2D eigenvalue weighted by molar-refractivity contribution is -0.113. The standard InChI is InChI=1S/C22H27N3O3S/c1-2-27-18-6-4-3-5-17(18)23-19(26)13-29-21-25-24-20(28-21)22-10-14-7-15(11-22)9-16(8-14)12-22/h3-6,14-16H,2,7-13H2,1H3,(H,23,26). The van der Waals surface area contributed by atoms with Crippen LogP contribution in [0, 0.1) is 17.8 Å². The van der Waals surface area contributed by atoms with Gasteiger partial charge < -0.3 is 14.5 Å². The van der Waals surface area contributed by atoms with Gasteiger partial charge in [0.2, 0.25) is 11.8 Å². The van der Waals surface area contributed by atoms with Crippen LogP contribution in [0.2, 0.25) is 0 Å². The van der Waals surface area contributed by atoms with Crippen molar-refractivity contribution >= 4 is 23.4 Å². The lowest BCUT2D eigenvalue weighted by Crippen LogP contribution is -2.48. The van der Waals surface area contributed by atoms with E-state index in [1.807, 2.05) is 31.2 Å². The van der Waals surface area contributed by atoms with E-state index in [2.05, 4.69) is 15.5 Å². The average Bonchev–Trinajstić information content (AvgIpc) is 3.17. The fourth-order valence-electron chi connectivity index (χ4n) is 6.02. The summed E-state index contributed by atoms with van der Waals surface area (Å²) in [5.41, 5.74) is 0.777. The highest BCUT2D eigenvalue weighted by Gasteiger charge is 2.54. The van der Waals surface area contributed by atoms with Crippen LogP contribution in [0.3, 0.4) is 0 Å². The zero-order valence-corrected chi connectivity index (χ0v) is 17.5. The molecule has 1 heterocycles. The van der Waals surface area contributed by atoms with E-state index in [0.717, 1.165) is 23.6 Å². The maximum atomic E-state index is 12.4. The average molecular weight is 414 g/mol. The number of carbonyl (C=O) groups excluding carboxylic acids is 1. The third-order valence-corrected chi connectivity index (χ3v) is 7.50. The Labute approximate surface area is 175 Å². The number of amides is 1. The van der Waals surface area contributed by atoms with E-state index < -0.39 is 0 Å². The van der Waals surface area contributed by atoms with Gasteiger partial charge in [-0.25, -0.2) is 0 Å². The first-order valence-electron chi connectivity index (χ1n) is 10.6. The fourth-order valence-corrected chi connectivity index (χ4v) is 6.58. The van der Waals surface area contributed by atoms with Gasteiger partial charge in [0.25, 0.3) is 5.22 Å². The van der Waals surface area contributed by atoms with Gasteiger partial charge in [-0.1, -0.05) is 23.9 Å². The second-order valence-corrected chi connectivity index (χ2v) is 9.76. The quantitative estimate of drug-likeness (QED) is 0.665. The molecule has 6 rings (SSSR count). The van der Waals surface area contributed by atoms with Crippen LogP contribution < -0.4 is 10.1 Å². The monoisotopic (exact) mass is 413 g/mol. The normalized spacial score (nSPS) is 29.8. The number of ether oxygens (including phenoxy) is 1. The second kappa shape index (κ2) is 7.67. The van der Waals surface area contributed by atoms with Gasteiger partial charge >= 0.3 is 0 Å². The van der Waals surface area contributed by atoms with E-state index in [1.54, 1.807) is 0 Å². The summed E-state index contributed by atoms with van der Waals surface area (Å²) in [6, 6.07) is 7.45. The first-order chi connectivity index (χ1) is 14.1. The first-order valence-corrected chi connectivity index (χ1v) is 11.6. The third-order valence-electron chi connectivity index (χ3n) is 6.69. The molecule has 1 N–H and O–H groups in total. The molecule has 0 atom stereocenters. The zero-order chi connectivity index (χ0) is 19.8. The number of nitrogens with one attached hydrogen (secondary N) is 1. The van der Waals surface area contributed by atoms with Gasteiger partial charge in [0.1, 0.15) is 5.75 Å². The molecule has 4 saturated carbocycles. The van der Waals surface area contributed by atoms with Gasteiger partial charge in [-0.2, -0.15) is 0 Å². The molecule has 154 valence electrons. The Bertz CT molecular complexity index is 862. The number of aromatic nitrogens is 2. The predicted octanol–water partition coefficient (Wildman–Crippen LogP) is 4.67. The summed E-state index contributed by atoms with van der Waals surface area (Å²) in [5.74, 6) is 4.10. The Morgan fingerprint density at radius 2 is 1.86 bits per heavy atom. The molecule has 1 amide bonds. The minimum atomic E-state index is -0.114. The van der Waals surface area contributed by atoms with Crippen molar-refractivity contribution in [3.05, 3.63) is 30.2 Å². The van der Waals surface area contributed by atoms with E-state index >= 15 is 0 Å². The van der Waals surface area contributed by atoms with E-state index in [1.165, 1.54) is 50.3 Å². The predicted molar refractivity (Wildman–Crippen MR) is 111 cm³/mol. The van der Waals surface area contributed by atoms with Crippen molar-refractivity contribution in [1.82, 2.24) is 10.2 Å². The smallest absolute Gasteiger partial charge is 0.277 e. The van der Waals surface area contributed by atoms with Crippen molar-refractivity contribution in [3.63, 3.8) is 0 Å². The molecule has 0 spiro atoms. The summed E-state index contributed by atoms with van der Waals surface area (Å²) in [5, 5.41) is 12.1. The first kappa shape index (κ1) is 19.0. The number of thioether (sulfide) groups is 1. The molecule has 4 fully saturated rings. The van der Waals surface area contributed by atoms with Crippen LogP contribution in [0.1, 0.15) is 51.3 Å². The number of hydrogen-bond donors (Lipinski definition) is 1. The van der Waals surface area contributed by atoms with E-state index in [9.17, 15) is 4.79 Å². The van der Waals surface area contributed by atoms with Crippen molar-refractivity contribution in [1.29, 1.82) is 0 Å². The Hall–Kier alpha value is -2.02. The highest BCUT2D eigenvalue weighted by atomic mass is 32.2. The highest BCUT2D eigenvalue weighted by molar-refractivity contribution is 7.99. The van der Waals surface area contributed by atoms with Gasteiger partial charge in [-0.3, -0.25) is 4.79 Å². The number of benzene rings is 1. The molecule has 29 heavy (non-hydrogen) atoms. The molecule has 7 heteroatoms. The summed E-state index contributed by atoms with van der Waals surface area (Å²) in [7, 11) is 0. The SMILES string of the molecule is CCOc1ccccc1NC(=O)CSc1nnc(C23CC4CC(CC(C4)C2)C3)o1. The van der Waals surface area contributed by atoms with Crippen molar-refractivity contribution in [2.45, 2.75) is 56.1 Å². The number of anilines is 1. The largest absolute Gasteiger partial charge is 0.492 e. The Kier molecular flexibility index (Phi) is 5.02. The lowest BCUT2D eigenvalue weighted by atomic mass is 9.49. The van der Waals surface area contributed by atoms with Crippen LogP contribution in [0.15, 0.2) is 33.9 Å². The number of nitrogens with zero attached hydrogens (tertiary/aromatic N) is 2. The summed E-state index contributed by atoms with van der Waals surface area (Å²) in [6.07, 6.45) is 7.75. The Morgan fingerprint density at radius 1 is 1.17 bits per heavy atom. The number of carbonyl (C=O) groups is 1. The van der Waals surface area contributed by atoms with Crippen molar-refractivity contribution in [3.8, 4) is 5.75 Å². The summed E-state index contributed by atoms with van der Waals surface area (Å²) < 4.78 is 11.6. The van der Waals surface area contributed by atoms with Crippen LogP contribution in [0.4, 0.5) is 5.69 Å². The molecular formula is C22H27N3O3S. The summed E-state index contributed by atoms with van der Waals surface area (Å²) in [4.78, 5) is 12.4. The molecule has 4 aliphatic rings. The van der Waals surface area contributed by atoms with E-state index in [0.29, 0.717) is 23.3 Å². The highest BCUT2D eigenvalue weighted by Crippen LogP contribution is 2.60. The van der Waals surface area contributed by atoms with E-state index in [-0.39, 0.29) is 17.1 Å². The molecule has 0 aliphatic heterocycles. The molecular weight excluding hydrogens is 386 g/mol. The topological polar surface area (TPSA) is 77.2 Å². The minimum absolute atomic E-state index is 0.0965. The number of para-hydroxylation sites is 2. The lowest BCUT2D eigenvalue weighted by Gasteiger charge is -2.55.